The van der Waals surface area contributed by atoms with Gasteiger partial charge in [0.1, 0.15) is 0 Å². The molecule has 0 saturated heterocycles. The zero-order valence-electron chi connectivity index (χ0n) is 7.33. The van der Waals surface area contributed by atoms with Crippen LogP contribution >= 0.6 is 11.3 Å². The average Bonchev–Trinajstić information content (AvgIpc) is 2.56. The van der Waals surface area contributed by atoms with Crippen LogP contribution < -0.4 is 5.32 Å². The molecular weight excluding hydrogens is 170 g/mol. The van der Waals surface area contributed by atoms with E-state index in [1.807, 2.05) is 24.4 Å². The Morgan fingerprint density at radius 2 is 2.50 bits per heavy atom. The van der Waals surface area contributed by atoms with Crippen molar-refractivity contribution in [2.45, 2.75) is 26.3 Å². The quantitative estimate of drug-likeness (QED) is 0.765. The van der Waals surface area contributed by atoms with Gasteiger partial charge in [-0.15, -0.1) is 11.3 Å². The van der Waals surface area contributed by atoms with Gasteiger partial charge in [0.05, 0.1) is 4.88 Å². The second-order valence-corrected chi connectivity index (χ2v) is 3.71. The molecule has 66 valence electrons. The Balaban J connectivity index is 2.50. The van der Waals surface area contributed by atoms with Crippen molar-refractivity contribution in [3.63, 3.8) is 0 Å². The van der Waals surface area contributed by atoms with Crippen LogP contribution in [0.5, 0.6) is 0 Å². The molecule has 0 aromatic carbocycles. The highest BCUT2D eigenvalue weighted by Crippen LogP contribution is 2.08. The number of nitrogens with one attached hydrogen (secondary N) is 1. The van der Waals surface area contributed by atoms with Crippen LogP contribution in [0.2, 0.25) is 0 Å². The smallest absolute Gasteiger partial charge is 0.261 e. The molecule has 1 aromatic heterocycles. The number of hydrogen-bond acceptors (Lipinski definition) is 2. The standard InChI is InChI=1S/C9H13NOS/c1-3-7(2)10-9(11)8-5-4-6-12-8/h4-7H,3H2,1-2H3,(H,10,11)/t7-/m1/s1. The molecule has 0 saturated carbocycles. The maximum Gasteiger partial charge on any atom is 0.261 e. The highest BCUT2D eigenvalue weighted by molar-refractivity contribution is 7.12. The summed E-state index contributed by atoms with van der Waals surface area (Å²) in [5, 5.41) is 4.81. The Bertz CT molecular complexity index is 243. The number of rotatable bonds is 3. The van der Waals surface area contributed by atoms with E-state index in [1.54, 1.807) is 0 Å². The summed E-state index contributed by atoms with van der Waals surface area (Å²) in [6.07, 6.45) is 0.969. The predicted octanol–water partition coefficient (Wildman–Crippen LogP) is 2.28. The molecule has 1 atom stereocenters. The third-order valence-electron chi connectivity index (χ3n) is 1.73. The number of amides is 1. The van der Waals surface area contributed by atoms with Crippen molar-refractivity contribution in [2.75, 3.05) is 0 Å². The topological polar surface area (TPSA) is 29.1 Å². The third-order valence-corrected chi connectivity index (χ3v) is 2.60. The van der Waals surface area contributed by atoms with Gasteiger partial charge in [0.25, 0.3) is 5.91 Å². The molecule has 1 amide bonds. The minimum atomic E-state index is 0.0411. The average molecular weight is 183 g/mol. The molecule has 12 heavy (non-hydrogen) atoms. The summed E-state index contributed by atoms with van der Waals surface area (Å²) in [5.41, 5.74) is 0. The van der Waals surface area contributed by atoms with E-state index < -0.39 is 0 Å². The Morgan fingerprint density at radius 1 is 1.75 bits per heavy atom. The van der Waals surface area contributed by atoms with Crippen molar-refractivity contribution < 1.29 is 4.79 Å². The van der Waals surface area contributed by atoms with Crippen LogP contribution in [-0.4, -0.2) is 11.9 Å². The summed E-state index contributed by atoms with van der Waals surface area (Å²) in [6, 6.07) is 3.98. The molecule has 0 aliphatic heterocycles. The van der Waals surface area contributed by atoms with Gasteiger partial charge < -0.3 is 5.32 Å². The SMILES string of the molecule is CC[C@@H](C)NC(=O)c1cccs1. The first-order valence-corrected chi connectivity index (χ1v) is 4.96. The number of hydrogen-bond donors (Lipinski definition) is 1. The molecule has 0 spiro atoms. The van der Waals surface area contributed by atoms with Gasteiger partial charge in [-0.25, -0.2) is 0 Å². The van der Waals surface area contributed by atoms with Crippen LogP contribution in [0, 0.1) is 0 Å². The second kappa shape index (κ2) is 4.26. The Morgan fingerprint density at radius 3 is 3.00 bits per heavy atom. The summed E-state index contributed by atoms with van der Waals surface area (Å²) in [7, 11) is 0. The normalized spacial score (nSPS) is 12.5. The fourth-order valence-electron chi connectivity index (χ4n) is 0.805. The summed E-state index contributed by atoms with van der Waals surface area (Å²) in [5.74, 6) is 0.0411. The van der Waals surface area contributed by atoms with Crippen LogP contribution in [0.15, 0.2) is 17.5 Å². The lowest BCUT2D eigenvalue weighted by atomic mass is 10.2. The van der Waals surface area contributed by atoms with Gasteiger partial charge in [0.15, 0.2) is 0 Å². The first kappa shape index (κ1) is 9.26. The predicted molar refractivity (Wildman–Crippen MR) is 51.5 cm³/mol. The molecule has 1 N–H and O–H groups in total. The third kappa shape index (κ3) is 2.34. The van der Waals surface area contributed by atoms with E-state index in [1.165, 1.54) is 11.3 Å². The zero-order chi connectivity index (χ0) is 8.97. The molecular formula is C9H13NOS. The Hall–Kier alpha value is -0.830. The van der Waals surface area contributed by atoms with Crippen molar-refractivity contribution in [3.05, 3.63) is 22.4 Å². The molecule has 3 heteroatoms. The van der Waals surface area contributed by atoms with Gasteiger partial charge in [-0.3, -0.25) is 4.79 Å². The van der Waals surface area contributed by atoms with Gasteiger partial charge in [-0.05, 0) is 24.8 Å². The van der Waals surface area contributed by atoms with Crippen LogP contribution in [0.25, 0.3) is 0 Å². The fraction of sp³-hybridized carbons (Fsp3) is 0.444. The van der Waals surface area contributed by atoms with Crippen molar-refractivity contribution in [1.29, 1.82) is 0 Å². The van der Waals surface area contributed by atoms with E-state index in [9.17, 15) is 4.79 Å². The zero-order valence-corrected chi connectivity index (χ0v) is 8.15. The summed E-state index contributed by atoms with van der Waals surface area (Å²) in [6.45, 7) is 4.06. The molecule has 1 heterocycles. The van der Waals surface area contributed by atoms with Crippen molar-refractivity contribution in [2.24, 2.45) is 0 Å². The minimum absolute atomic E-state index is 0.0411. The summed E-state index contributed by atoms with van der Waals surface area (Å²) < 4.78 is 0. The highest BCUT2D eigenvalue weighted by atomic mass is 32.1. The molecule has 0 aliphatic rings. The van der Waals surface area contributed by atoms with Gasteiger partial charge in [-0.1, -0.05) is 13.0 Å². The second-order valence-electron chi connectivity index (χ2n) is 2.76. The first-order valence-electron chi connectivity index (χ1n) is 4.08. The lowest BCUT2D eigenvalue weighted by Gasteiger charge is -2.09. The summed E-state index contributed by atoms with van der Waals surface area (Å²) >= 11 is 1.47. The first-order chi connectivity index (χ1) is 5.74. The number of carbonyl (C=O) groups is 1. The van der Waals surface area contributed by atoms with E-state index in [2.05, 4.69) is 12.2 Å². The monoisotopic (exact) mass is 183 g/mol. The minimum Gasteiger partial charge on any atom is -0.349 e. The molecule has 1 rings (SSSR count). The largest absolute Gasteiger partial charge is 0.349 e. The van der Waals surface area contributed by atoms with E-state index in [0.717, 1.165) is 11.3 Å². The fourth-order valence-corrected chi connectivity index (χ4v) is 1.43. The maximum atomic E-state index is 11.4. The van der Waals surface area contributed by atoms with Gasteiger partial charge in [0, 0.05) is 6.04 Å². The van der Waals surface area contributed by atoms with E-state index >= 15 is 0 Å². The van der Waals surface area contributed by atoms with E-state index in [0.29, 0.717) is 0 Å². The Labute approximate surface area is 76.6 Å². The van der Waals surface area contributed by atoms with Crippen LogP contribution in [0.1, 0.15) is 29.9 Å². The molecule has 0 radical (unpaired) electrons. The Kier molecular flexibility index (Phi) is 3.29. The maximum absolute atomic E-state index is 11.4. The highest BCUT2D eigenvalue weighted by Gasteiger charge is 2.07. The summed E-state index contributed by atoms with van der Waals surface area (Å²) in [4.78, 5) is 12.2. The molecule has 0 bridgehead atoms. The molecule has 0 unspecified atom stereocenters. The molecule has 2 nitrogen and oxygen atoms in total. The van der Waals surface area contributed by atoms with Gasteiger partial charge >= 0.3 is 0 Å². The van der Waals surface area contributed by atoms with Crippen LogP contribution in [-0.2, 0) is 0 Å². The van der Waals surface area contributed by atoms with Crippen LogP contribution in [0.4, 0.5) is 0 Å². The van der Waals surface area contributed by atoms with E-state index in [4.69, 9.17) is 0 Å². The van der Waals surface area contributed by atoms with Crippen molar-refractivity contribution >= 4 is 17.2 Å². The van der Waals surface area contributed by atoms with Gasteiger partial charge in [-0.2, -0.15) is 0 Å². The van der Waals surface area contributed by atoms with Crippen LogP contribution in [0.3, 0.4) is 0 Å². The van der Waals surface area contributed by atoms with Crippen molar-refractivity contribution in [1.82, 2.24) is 5.32 Å². The molecule has 1 aromatic rings. The molecule has 0 aliphatic carbocycles. The van der Waals surface area contributed by atoms with Crippen molar-refractivity contribution in [3.8, 4) is 0 Å². The van der Waals surface area contributed by atoms with Gasteiger partial charge in [0.2, 0.25) is 0 Å². The van der Waals surface area contributed by atoms with E-state index in [-0.39, 0.29) is 11.9 Å². The lowest BCUT2D eigenvalue weighted by Crippen LogP contribution is -2.31. The molecule has 0 fully saturated rings. The lowest BCUT2D eigenvalue weighted by molar-refractivity contribution is 0.0943. The number of thiophene rings is 1. The number of carbonyl (C=O) groups excluding carboxylic acids is 1.